The molecule has 90 valence electrons. The summed E-state index contributed by atoms with van der Waals surface area (Å²) in [5.74, 6) is 2.29. The number of hydrogen-bond acceptors (Lipinski definition) is 3. The molecule has 3 nitrogen and oxygen atoms in total. The van der Waals surface area contributed by atoms with Crippen LogP contribution in [-0.4, -0.2) is 11.5 Å². The third-order valence-corrected chi connectivity index (χ3v) is 3.47. The van der Waals surface area contributed by atoms with E-state index in [1.807, 2.05) is 19.9 Å². The molecule has 0 spiro atoms. The second-order valence-electron chi connectivity index (χ2n) is 5.11. The summed E-state index contributed by atoms with van der Waals surface area (Å²) in [7, 11) is 0. The second-order valence-corrected chi connectivity index (χ2v) is 5.11. The molecule has 1 aromatic heterocycles. The highest BCUT2D eigenvalue weighted by Crippen LogP contribution is 2.36. The summed E-state index contributed by atoms with van der Waals surface area (Å²) < 4.78 is 0. The van der Waals surface area contributed by atoms with Crippen LogP contribution < -0.4 is 5.32 Å². The van der Waals surface area contributed by atoms with Gasteiger partial charge >= 0.3 is 0 Å². The van der Waals surface area contributed by atoms with Gasteiger partial charge in [0.2, 0.25) is 0 Å². The van der Waals surface area contributed by atoms with Gasteiger partial charge in [-0.2, -0.15) is 5.26 Å². The van der Waals surface area contributed by atoms with Crippen LogP contribution >= 0.6 is 0 Å². The maximum atomic E-state index is 9.15. The lowest BCUT2D eigenvalue weighted by Gasteiger charge is -2.14. The maximum Gasteiger partial charge on any atom is 0.144 e. The fourth-order valence-electron chi connectivity index (χ4n) is 2.20. The molecule has 0 bridgehead atoms. The molecule has 1 atom stereocenters. The van der Waals surface area contributed by atoms with Gasteiger partial charge in [0.25, 0.3) is 0 Å². The van der Waals surface area contributed by atoms with Crippen molar-refractivity contribution in [1.29, 1.82) is 5.26 Å². The minimum Gasteiger partial charge on any atom is -0.369 e. The first-order chi connectivity index (χ1) is 8.11. The molecule has 3 heteroatoms. The highest BCUT2D eigenvalue weighted by Gasteiger charge is 2.27. The van der Waals surface area contributed by atoms with Crippen LogP contribution in [0, 0.1) is 37.0 Å². The monoisotopic (exact) mass is 229 g/mol. The predicted octanol–water partition coefficient (Wildman–Crippen LogP) is 3.03. The third kappa shape index (κ3) is 2.76. The van der Waals surface area contributed by atoms with Gasteiger partial charge in [-0.1, -0.05) is 6.92 Å². The number of anilines is 1. The van der Waals surface area contributed by atoms with Gasteiger partial charge < -0.3 is 5.32 Å². The van der Waals surface area contributed by atoms with Gasteiger partial charge in [-0.15, -0.1) is 0 Å². The lowest BCUT2D eigenvalue weighted by molar-refractivity contribution is 0.536. The van der Waals surface area contributed by atoms with E-state index in [1.165, 1.54) is 12.8 Å². The first-order valence-electron chi connectivity index (χ1n) is 6.24. The molecular formula is C14H19N3. The molecule has 0 radical (unpaired) electrons. The van der Waals surface area contributed by atoms with E-state index in [0.29, 0.717) is 11.5 Å². The lowest BCUT2D eigenvalue weighted by atomic mass is 10.1. The Balaban J connectivity index is 2.11. The Labute approximate surface area is 103 Å². The van der Waals surface area contributed by atoms with Crippen LogP contribution in [0.3, 0.4) is 0 Å². The number of aromatic nitrogens is 1. The third-order valence-electron chi connectivity index (χ3n) is 3.47. The Kier molecular flexibility index (Phi) is 3.33. The first-order valence-corrected chi connectivity index (χ1v) is 6.24. The van der Waals surface area contributed by atoms with Crippen LogP contribution in [0.1, 0.15) is 36.6 Å². The summed E-state index contributed by atoms with van der Waals surface area (Å²) in [5, 5.41) is 12.5. The zero-order valence-corrected chi connectivity index (χ0v) is 10.7. The van der Waals surface area contributed by atoms with E-state index < -0.39 is 0 Å². The lowest BCUT2D eigenvalue weighted by Crippen LogP contribution is -2.15. The number of aryl methyl sites for hydroxylation is 2. The largest absolute Gasteiger partial charge is 0.369 e. The van der Waals surface area contributed by atoms with Crippen molar-refractivity contribution in [2.75, 3.05) is 11.9 Å². The molecular weight excluding hydrogens is 210 g/mol. The molecule has 0 saturated heterocycles. The Morgan fingerprint density at radius 2 is 2.24 bits per heavy atom. The summed E-state index contributed by atoms with van der Waals surface area (Å²) in [6.45, 7) is 7.10. The van der Waals surface area contributed by atoms with Crippen molar-refractivity contribution in [3.63, 3.8) is 0 Å². The van der Waals surface area contributed by atoms with Crippen LogP contribution in [0.2, 0.25) is 0 Å². The fraction of sp³-hybridized carbons (Fsp3) is 0.571. The van der Waals surface area contributed by atoms with Gasteiger partial charge in [-0.25, -0.2) is 4.98 Å². The Bertz CT molecular complexity index is 455. The molecule has 1 aliphatic carbocycles. The van der Waals surface area contributed by atoms with Crippen LogP contribution in [0.25, 0.3) is 0 Å². The van der Waals surface area contributed by atoms with E-state index in [1.54, 1.807) is 0 Å². The number of nitrogens with one attached hydrogen (secondary N) is 1. The van der Waals surface area contributed by atoms with Gasteiger partial charge in [0, 0.05) is 12.2 Å². The highest BCUT2D eigenvalue weighted by atomic mass is 15.0. The van der Waals surface area contributed by atoms with Crippen molar-refractivity contribution >= 4 is 5.82 Å². The average Bonchev–Trinajstić information content (AvgIpc) is 3.08. The van der Waals surface area contributed by atoms with Gasteiger partial charge in [0.1, 0.15) is 11.9 Å². The molecule has 0 aliphatic heterocycles. The number of rotatable bonds is 4. The average molecular weight is 229 g/mol. The molecule has 0 amide bonds. The number of nitriles is 1. The van der Waals surface area contributed by atoms with Crippen molar-refractivity contribution in [3.8, 4) is 6.07 Å². The molecule has 2 rings (SSSR count). The van der Waals surface area contributed by atoms with E-state index >= 15 is 0 Å². The predicted molar refractivity (Wildman–Crippen MR) is 68.8 cm³/mol. The number of nitrogens with zero attached hydrogens (tertiary/aromatic N) is 2. The van der Waals surface area contributed by atoms with Crippen molar-refractivity contribution in [1.82, 2.24) is 4.98 Å². The molecule has 0 aromatic carbocycles. The van der Waals surface area contributed by atoms with Gasteiger partial charge in [-0.05, 0) is 50.2 Å². The molecule has 1 aliphatic rings. The van der Waals surface area contributed by atoms with Crippen LogP contribution in [0.4, 0.5) is 5.82 Å². The van der Waals surface area contributed by atoms with Crippen molar-refractivity contribution < 1.29 is 0 Å². The van der Waals surface area contributed by atoms with Gasteiger partial charge in [-0.3, -0.25) is 0 Å². The number of hydrogen-bond donors (Lipinski definition) is 1. The molecule has 1 heterocycles. The standard InChI is InChI=1S/C14H19N3/c1-9-6-11(3)17-14(13(9)7-15)16-8-10(2)12-4-5-12/h6,10,12H,4-5,8H2,1-3H3,(H,16,17). The summed E-state index contributed by atoms with van der Waals surface area (Å²) >= 11 is 0. The molecule has 1 N–H and O–H groups in total. The SMILES string of the molecule is Cc1cc(C)c(C#N)c(NCC(C)C2CC2)n1. The summed E-state index contributed by atoms with van der Waals surface area (Å²) in [4.78, 5) is 4.42. The summed E-state index contributed by atoms with van der Waals surface area (Å²) in [6, 6.07) is 4.19. The normalized spacial score (nSPS) is 16.4. The van der Waals surface area contributed by atoms with Gasteiger partial charge in [0.05, 0.1) is 5.56 Å². The van der Waals surface area contributed by atoms with E-state index in [4.69, 9.17) is 5.26 Å². The fourth-order valence-corrected chi connectivity index (χ4v) is 2.20. The highest BCUT2D eigenvalue weighted by molar-refractivity contribution is 5.56. The van der Waals surface area contributed by atoms with E-state index in [-0.39, 0.29) is 0 Å². The molecule has 1 saturated carbocycles. The topological polar surface area (TPSA) is 48.7 Å². The van der Waals surface area contributed by atoms with Gasteiger partial charge in [0.15, 0.2) is 0 Å². The maximum absolute atomic E-state index is 9.15. The Hall–Kier alpha value is -1.56. The Morgan fingerprint density at radius 3 is 2.82 bits per heavy atom. The minimum absolute atomic E-state index is 0.671. The van der Waals surface area contributed by atoms with Crippen molar-refractivity contribution in [2.45, 2.75) is 33.6 Å². The smallest absolute Gasteiger partial charge is 0.144 e. The second kappa shape index (κ2) is 4.75. The van der Waals surface area contributed by atoms with Crippen molar-refractivity contribution in [3.05, 3.63) is 22.9 Å². The first kappa shape index (κ1) is 11.9. The van der Waals surface area contributed by atoms with Crippen molar-refractivity contribution in [2.24, 2.45) is 11.8 Å². The van der Waals surface area contributed by atoms with E-state index in [9.17, 15) is 0 Å². The zero-order chi connectivity index (χ0) is 12.4. The number of pyridine rings is 1. The molecule has 1 fully saturated rings. The molecule has 17 heavy (non-hydrogen) atoms. The summed E-state index contributed by atoms with van der Waals surface area (Å²) in [5.41, 5.74) is 2.64. The van der Waals surface area contributed by atoms with Crippen LogP contribution in [-0.2, 0) is 0 Å². The van der Waals surface area contributed by atoms with Crippen LogP contribution in [0.5, 0.6) is 0 Å². The molecule has 1 unspecified atom stereocenters. The van der Waals surface area contributed by atoms with Crippen LogP contribution in [0.15, 0.2) is 6.07 Å². The zero-order valence-electron chi connectivity index (χ0n) is 10.7. The van der Waals surface area contributed by atoms with E-state index in [2.05, 4.69) is 23.3 Å². The summed E-state index contributed by atoms with van der Waals surface area (Å²) in [6.07, 6.45) is 2.71. The Morgan fingerprint density at radius 1 is 1.53 bits per heavy atom. The minimum atomic E-state index is 0.671. The quantitative estimate of drug-likeness (QED) is 0.863. The molecule has 1 aromatic rings. The van der Waals surface area contributed by atoms with E-state index in [0.717, 1.165) is 29.5 Å².